The lowest BCUT2D eigenvalue weighted by Crippen LogP contribution is -2.46. The Hall–Kier alpha value is -0.580. The molecule has 0 radical (unpaired) electrons. The van der Waals surface area contributed by atoms with E-state index in [9.17, 15) is 4.79 Å². The minimum atomic E-state index is 0.0463. The van der Waals surface area contributed by atoms with Gasteiger partial charge in [0.25, 0.3) is 5.91 Å². The van der Waals surface area contributed by atoms with Crippen LogP contribution in [-0.4, -0.2) is 36.5 Å². The number of halogens is 2. The molecule has 0 bridgehead atoms. The summed E-state index contributed by atoms with van der Waals surface area (Å²) < 4.78 is 0.881. The summed E-state index contributed by atoms with van der Waals surface area (Å²) in [4.78, 5) is 14.8. The molecule has 1 heterocycles. The molecule has 0 saturated carbocycles. The summed E-state index contributed by atoms with van der Waals surface area (Å²) in [5.41, 5.74) is 0.591. The lowest BCUT2D eigenvalue weighted by atomic mass is 10.0. The van der Waals surface area contributed by atoms with E-state index in [1.807, 2.05) is 17.0 Å². The van der Waals surface area contributed by atoms with Gasteiger partial charge in [-0.2, -0.15) is 0 Å². The predicted molar refractivity (Wildman–Crippen MR) is 86.4 cm³/mol. The Morgan fingerprint density at radius 2 is 2.15 bits per heavy atom. The second-order valence-electron chi connectivity index (χ2n) is 5.10. The van der Waals surface area contributed by atoms with Crippen LogP contribution in [0, 0.1) is 0 Å². The van der Waals surface area contributed by atoms with Crippen LogP contribution in [0.15, 0.2) is 22.7 Å². The van der Waals surface area contributed by atoms with Gasteiger partial charge in [0.15, 0.2) is 0 Å². The quantitative estimate of drug-likeness (QED) is 0.889. The number of amides is 1. The monoisotopic (exact) mass is 358 g/mol. The van der Waals surface area contributed by atoms with Crippen LogP contribution >= 0.6 is 27.5 Å². The van der Waals surface area contributed by atoms with Gasteiger partial charge in [-0.25, -0.2) is 0 Å². The second-order valence-corrected chi connectivity index (χ2v) is 6.43. The maximum absolute atomic E-state index is 12.8. The summed E-state index contributed by atoms with van der Waals surface area (Å²) in [6.07, 6.45) is 2.98. The summed E-state index contributed by atoms with van der Waals surface area (Å²) in [5.74, 6) is 0.0463. The first kappa shape index (κ1) is 15.8. The van der Waals surface area contributed by atoms with E-state index in [4.69, 9.17) is 11.6 Å². The van der Waals surface area contributed by atoms with Crippen molar-refractivity contribution in [2.75, 3.05) is 19.6 Å². The van der Waals surface area contributed by atoms with Crippen LogP contribution in [0.25, 0.3) is 0 Å². The lowest BCUT2D eigenvalue weighted by Gasteiger charge is -2.34. The molecular weight excluding hydrogens is 340 g/mol. The molecule has 1 aromatic carbocycles. The highest BCUT2D eigenvalue weighted by molar-refractivity contribution is 9.10. The molecule has 2 rings (SSSR count). The molecule has 110 valence electrons. The largest absolute Gasteiger partial charge is 0.336 e. The van der Waals surface area contributed by atoms with E-state index in [1.165, 1.54) is 0 Å². The van der Waals surface area contributed by atoms with Gasteiger partial charge in [-0.15, -0.1) is 0 Å². The fourth-order valence-corrected chi connectivity index (χ4v) is 3.18. The van der Waals surface area contributed by atoms with Crippen LogP contribution in [0.3, 0.4) is 0 Å². The van der Waals surface area contributed by atoms with Crippen LogP contribution in [-0.2, 0) is 0 Å². The minimum absolute atomic E-state index is 0.0463. The smallest absolute Gasteiger partial charge is 0.255 e. The number of rotatable bonds is 4. The van der Waals surface area contributed by atoms with Gasteiger partial charge in [0, 0.05) is 17.1 Å². The number of carbonyl (C=O) groups excluding carboxylic acids is 1. The summed E-state index contributed by atoms with van der Waals surface area (Å²) in [6.45, 7) is 4.84. The van der Waals surface area contributed by atoms with Crippen LogP contribution in [0.5, 0.6) is 0 Å². The molecule has 1 saturated heterocycles. The highest BCUT2D eigenvalue weighted by Crippen LogP contribution is 2.24. The van der Waals surface area contributed by atoms with Gasteiger partial charge in [-0.3, -0.25) is 4.79 Å². The molecule has 0 aromatic heterocycles. The number of hydrogen-bond acceptors (Lipinski definition) is 2. The first-order chi connectivity index (χ1) is 9.63. The van der Waals surface area contributed by atoms with Gasteiger partial charge in [-0.05, 0) is 50.6 Å². The highest BCUT2D eigenvalue weighted by atomic mass is 79.9. The van der Waals surface area contributed by atoms with Crippen LogP contribution < -0.4 is 5.32 Å². The van der Waals surface area contributed by atoms with Crippen molar-refractivity contribution in [1.29, 1.82) is 0 Å². The van der Waals surface area contributed by atoms with Crippen molar-refractivity contribution in [3.63, 3.8) is 0 Å². The van der Waals surface area contributed by atoms with Gasteiger partial charge in [-0.1, -0.05) is 34.5 Å². The Bertz CT molecular complexity index is 475. The van der Waals surface area contributed by atoms with E-state index in [2.05, 4.69) is 28.2 Å². The Labute approximate surface area is 133 Å². The minimum Gasteiger partial charge on any atom is -0.336 e. The van der Waals surface area contributed by atoms with E-state index < -0.39 is 0 Å². The van der Waals surface area contributed by atoms with Gasteiger partial charge >= 0.3 is 0 Å². The molecule has 0 unspecified atom stereocenters. The number of benzene rings is 1. The van der Waals surface area contributed by atoms with E-state index in [1.54, 1.807) is 6.07 Å². The maximum Gasteiger partial charge on any atom is 0.255 e. The second kappa shape index (κ2) is 7.43. The molecule has 0 spiro atoms. The highest BCUT2D eigenvalue weighted by Gasteiger charge is 2.26. The van der Waals surface area contributed by atoms with E-state index in [0.29, 0.717) is 16.6 Å². The van der Waals surface area contributed by atoms with Crippen molar-refractivity contribution in [2.24, 2.45) is 0 Å². The average Bonchev–Trinajstić information content (AvgIpc) is 2.47. The molecule has 1 aromatic rings. The number of carbonyl (C=O) groups is 1. The van der Waals surface area contributed by atoms with E-state index in [0.717, 1.165) is 43.4 Å². The third kappa shape index (κ3) is 3.74. The third-order valence-corrected chi connectivity index (χ3v) is 4.46. The van der Waals surface area contributed by atoms with Crippen molar-refractivity contribution in [1.82, 2.24) is 10.2 Å². The first-order valence-electron chi connectivity index (χ1n) is 7.10. The zero-order chi connectivity index (χ0) is 14.5. The molecule has 1 aliphatic rings. The molecule has 0 atom stereocenters. The molecule has 1 aliphatic heterocycles. The lowest BCUT2D eigenvalue weighted by molar-refractivity contribution is 0.0643. The fraction of sp³-hybridized carbons (Fsp3) is 0.533. The molecule has 1 fully saturated rings. The molecule has 20 heavy (non-hydrogen) atoms. The SMILES string of the molecule is CCCN(C(=O)c1cc(Br)ccc1Cl)C1CCNCC1. The van der Waals surface area contributed by atoms with Crippen LogP contribution in [0.1, 0.15) is 36.5 Å². The third-order valence-electron chi connectivity index (χ3n) is 3.63. The summed E-state index contributed by atoms with van der Waals surface area (Å²) in [5, 5.41) is 3.86. The van der Waals surface area contributed by atoms with E-state index in [-0.39, 0.29) is 5.91 Å². The van der Waals surface area contributed by atoms with Gasteiger partial charge < -0.3 is 10.2 Å². The Kier molecular flexibility index (Phi) is 5.87. The maximum atomic E-state index is 12.8. The topological polar surface area (TPSA) is 32.3 Å². The van der Waals surface area contributed by atoms with Crippen LogP contribution in [0.4, 0.5) is 0 Å². The molecular formula is C15H20BrClN2O. The zero-order valence-corrected chi connectivity index (χ0v) is 14.0. The Morgan fingerprint density at radius 1 is 1.45 bits per heavy atom. The Balaban J connectivity index is 2.23. The molecule has 0 aliphatic carbocycles. The number of nitrogens with one attached hydrogen (secondary N) is 1. The molecule has 1 amide bonds. The molecule has 1 N–H and O–H groups in total. The van der Waals surface area contributed by atoms with Gasteiger partial charge in [0.1, 0.15) is 0 Å². The molecule has 3 nitrogen and oxygen atoms in total. The summed E-state index contributed by atoms with van der Waals surface area (Å²) in [6, 6.07) is 5.76. The summed E-state index contributed by atoms with van der Waals surface area (Å²) >= 11 is 9.60. The number of nitrogens with zero attached hydrogens (tertiary/aromatic N) is 1. The Morgan fingerprint density at radius 3 is 2.80 bits per heavy atom. The standard InChI is InChI=1S/C15H20BrClN2O/c1-2-9-19(12-5-7-18-8-6-12)15(20)13-10-11(16)3-4-14(13)17/h3-4,10,12,18H,2,5-9H2,1H3. The average molecular weight is 360 g/mol. The van der Waals surface area contributed by atoms with Crippen LogP contribution in [0.2, 0.25) is 5.02 Å². The normalized spacial score (nSPS) is 16.1. The van der Waals surface area contributed by atoms with Crippen molar-refractivity contribution in [3.05, 3.63) is 33.3 Å². The number of piperidine rings is 1. The van der Waals surface area contributed by atoms with Crippen molar-refractivity contribution < 1.29 is 4.79 Å². The van der Waals surface area contributed by atoms with Gasteiger partial charge in [0.2, 0.25) is 0 Å². The van der Waals surface area contributed by atoms with Crippen molar-refractivity contribution >= 4 is 33.4 Å². The fourth-order valence-electron chi connectivity index (χ4n) is 2.63. The molecule has 5 heteroatoms. The predicted octanol–water partition coefficient (Wildman–Crippen LogP) is 3.71. The van der Waals surface area contributed by atoms with Crippen molar-refractivity contribution in [2.45, 2.75) is 32.2 Å². The summed E-state index contributed by atoms with van der Waals surface area (Å²) in [7, 11) is 0. The zero-order valence-electron chi connectivity index (χ0n) is 11.7. The van der Waals surface area contributed by atoms with E-state index >= 15 is 0 Å². The van der Waals surface area contributed by atoms with Crippen molar-refractivity contribution in [3.8, 4) is 0 Å². The number of hydrogen-bond donors (Lipinski definition) is 1. The van der Waals surface area contributed by atoms with Gasteiger partial charge in [0.05, 0.1) is 10.6 Å². The first-order valence-corrected chi connectivity index (χ1v) is 8.27.